The SMILES string of the molecule is C[C@H]1CCCC[C@]12NC(=O)N(CC(=O)OCc1ccc([N+](=O)[O-])cc1)C2=O. The number of esters is 1. The molecule has 9 heteroatoms. The van der Waals surface area contributed by atoms with E-state index >= 15 is 0 Å². The van der Waals surface area contributed by atoms with Gasteiger partial charge in [-0.3, -0.25) is 24.6 Å². The third-order valence-electron chi connectivity index (χ3n) is 5.34. The van der Waals surface area contributed by atoms with E-state index in [0.29, 0.717) is 12.0 Å². The largest absolute Gasteiger partial charge is 0.459 e. The van der Waals surface area contributed by atoms with Crippen LogP contribution in [0.5, 0.6) is 0 Å². The number of nitro benzene ring substituents is 1. The normalized spacial score (nSPS) is 24.8. The monoisotopic (exact) mass is 375 g/mol. The first kappa shape index (κ1) is 18.8. The van der Waals surface area contributed by atoms with Crippen LogP contribution in [0.3, 0.4) is 0 Å². The van der Waals surface area contributed by atoms with Gasteiger partial charge in [-0.25, -0.2) is 4.79 Å². The van der Waals surface area contributed by atoms with Crippen LogP contribution in [0.25, 0.3) is 0 Å². The number of benzene rings is 1. The number of urea groups is 1. The van der Waals surface area contributed by atoms with Crippen molar-refractivity contribution in [3.63, 3.8) is 0 Å². The van der Waals surface area contributed by atoms with Gasteiger partial charge >= 0.3 is 12.0 Å². The number of nitrogens with zero attached hydrogens (tertiary/aromatic N) is 2. The Morgan fingerprint density at radius 3 is 2.67 bits per heavy atom. The lowest BCUT2D eigenvalue weighted by Crippen LogP contribution is -2.54. The van der Waals surface area contributed by atoms with E-state index in [1.54, 1.807) is 0 Å². The van der Waals surface area contributed by atoms with Gasteiger partial charge in [-0.15, -0.1) is 0 Å². The molecular weight excluding hydrogens is 354 g/mol. The minimum atomic E-state index is -0.909. The Kier molecular flexibility index (Phi) is 5.11. The molecule has 3 rings (SSSR count). The van der Waals surface area contributed by atoms with Gasteiger partial charge in [-0.1, -0.05) is 19.8 Å². The van der Waals surface area contributed by atoms with Crippen molar-refractivity contribution < 1.29 is 24.0 Å². The average molecular weight is 375 g/mol. The number of hydrogen-bond donors (Lipinski definition) is 1. The van der Waals surface area contributed by atoms with Crippen molar-refractivity contribution in [1.82, 2.24) is 10.2 Å². The summed E-state index contributed by atoms with van der Waals surface area (Å²) in [7, 11) is 0. The molecular formula is C18H21N3O6. The number of imide groups is 1. The van der Waals surface area contributed by atoms with Gasteiger partial charge in [0, 0.05) is 12.1 Å². The van der Waals surface area contributed by atoms with Gasteiger partial charge in [-0.05, 0) is 36.5 Å². The first-order valence-electron chi connectivity index (χ1n) is 8.86. The Morgan fingerprint density at radius 1 is 1.33 bits per heavy atom. The maximum absolute atomic E-state index is 12.8. The van der Waals surface area contributed by atoms with Gasteiger partial charge < -0.3 is 10.1 Å². The minimum absolute atomic E-state index is 0.0174. The molecule has 1 saturated carbocycles. The van der Waals surface area contributed by atoms with Crippen LogP contribution in [0.4, 0.5) is 10.5 Å². The fourth-order valence-electron chi connectivity index (χ4n) is 3.69. The van der Waals surface area contributed by atoms with E-state index in [-0.39, 0.29) is 24.1 Å². The van der Waals surface area contributed by atoms with Crippen LogP contribution in [0.15, 0.2) is 24.3 Å². The summed E-state index contributed by atoms with van der Waals surface area (Å²) < 4.78 is 5.11. The van der Waals surface area contributed by atoms with Crippen LogP contribution in [0, 0.1) is 16.0 Å². The summed E-state index contributed by atoms with van der Waals surface area (Å²) in [5, 5.41) is 13.4. The van der Waals surface area contributed by atoms with Crippen LogP contribution in [0.2, 0.25) is 0 Å². The Bertz CT molecular complexity index is 778. The van der Waals surface area contributed by atoms with Crippen molar-refractivity contribution in [2.24, 2.45) is 5.92 Å². The van der Waals surface area contributed by atoms with Crippen LogP contribution in [0.1, 0.15) is 38.2 Å². The highest BCUT2D eigenvalue weighted by molar-refractivity contribution is 6.08. The second-order valence-corrected chi connectivity index (χ2v) is 7.02. The highest BCUT2D eigenvalue weighted by Crippen LogP contribution is 2.38. The first-order chi connectivity index (χ1) is 12.8. The van der Waals surface area contributed by atoms with Gasteiger partial charge in [0.05, 0.1) is 4.92 Å². The van der Waals surface area contributed by atoms with E-state index in [1.807, 2.05) is 6.92 Å². The summed E-state index contributed by atoms with van der Waals surface area (Å²) in [5.41, 5.74) is -0.395. The van der Waals surface area contributed by atoms with Crippen LogP contribution in [-0.4, -0.2) is 39.8 Å². The smallest absolute Gasteiger partial charge is 0.326 e. The summed E-state index contributed by atoms with van der Waals surface area (Å²) >= 11 is 0. The zero-order valence-corrected chi connectivity index (χ0v) is 15.0. The van der Waals surface area contributed by atoms with Crippen molar-refractivity contribution in [2.45, 2.75) is 44.8 Å². The molecule has 1 aromatic carbocycles. The molecule has 0 aromatic heterocycles. The standard InChI is InChI=1S/C18H21N3O6/c1-12-4-2-3-9-18(12)16(23)20(17(24)19-18)10-15(22)27-11-13-5-7-14(8-6-13)21(25)26/h5-8,12H,2-4,9-11H2,1H3,(H,19,24)/t12-,18-/m0/s1. The summed E-state index contributed by atoms with van der Waals surface area (Å²) in [6.07, 6.45) is 3.30. The van der Waals surface area contributed by atoms with Crippen molar-refractivity contribution in [3.05, 3.63) is 39.9 Å². The van der Waals surface area contributed by atoms with E-state index in [2.05, 4.69) is 5.32 Å². The summed E-state index contributed by atoms with van der Waals surface area (Å²) in [6, 6.07) is 5.03. The molecule has 0 bridgehead atoms. The molecule has 9 nitrogen and oxygen atoms in total. The topological polar surface area (TPSA) is 119 Å². The Labute approximate surface area is 155 Å². The zero-order chi connectivity index (χ0) is 19.6. The molecule has 2 aliphatic rings. The van der Waals surface area contributed by atoms with Crippen LogP contribution in [-0.2, 0) is 20.9 Å². The van der Waals surface area contributed by atoms with Crippen LogP contribution >= 0.6 is 0 Å². The number of rotatable bonds is 5. The number of non-ortho nitro benzene ring substituents is 1. The molecule has 1 N–H and O–H groups in total. The lowest BCUT2D eigenvalue weighted by atomic mass is 9.73. The summed E-state index contributed by atoms with van der Waals surface area (Å²) in [4.78, 5) is 48.1. The molecule has 3 amide bonds. The van der Waals surface area contributed by atoms with Gasteiger partial charge in [0.15, 0.2) is 0 Å². The highest BCUT2D eigenvalue weighted by Gasteiger charge is 2.55. The van der Waals surface area contributed by atoms with Crippen molar-refractivity contribution >= 4 is 23.6 Å². The number of amides is 3. The Morgan fingerprint density at radius 2 is 2.04 bits per heavy atom. The van der Waals surface area contributed by atoms with Crippen molar-refractivity contribution in [3.8, 4) is 0 Å². The van der Waals surface area contributed by atoms with Gasteiger partial charge in [-0.2, -0.15) is 0 Å². The number of ether oxygens (including phenoxy) is 1. The Hall–Kier alpha value is -2.97. The van der Waals surface area contributed by atoms with E-state index in [0.717, 1.165) is 24.2 Å². The average Bonchev–Trinajstić information content (AvgIpc) is 2.88. The van der Waals surface area contributed by atoms with E-state index in [1.165, 1.54) is 24.3 Å². The molecule has 1 aliphatic heterocycles. The van der Waals surface area contributed by atoms with E-state index in [9.17, 15) is 24.5 Å². The van der Waals surface area contributed by atoms with Gasteiger partial charge in [0.25, 0.3) is 11.6 Å². The second kappa shape index (κ2) is 7.34. The number of hydrogen-bond acceptors (Lipinski definition) is 6. The molecule has 0 radical (unpaired) electrons. The molecule has 0 unspecified atom stereocenters. The lowest BCUT2D eigenvalue weighted by Gasteiger charge is -2.36. The third kappa shape index (κ3) is 3.62. The zero-order valence-electron chi connectivity index (χ0n) is 15.0. The van der Waals surface area contributed by atoms with E-state index < -0.39 is 29.0 Å². The summed E-state index contributed by atoms with van der Waals surface area (Å²) in [6.45, 7) is 1.39. The van der Waals surface area contributed by atoms with Crippen molar-refractivity contribution in [1.29, 1.82) is 0 Å². The van der Waals surface area contributed by atoms with E-state index in [4.69, 9.17) is 4.74 Å². The summed E-state index contributed by atoms with van der Waals surface area (Å²) in [5.74, 6) is -1.06. The molecule has 144 valence electrons. The number of carbonyl (C=O) groups is 3. The highest BCUT2D eigenvalue weighted by atomic mass is 16.6. The third-order valence-corrected chi connectivity index (χ3v) is 5.34. The molecule has 1 saturated heterocycles. The fraction of sp³-hybridized carbons (Fsp3) is 0.500. The minimum Gasteiger partial charge on any atom is -0.459 e. The van der Waals surface area contributed by atoms with Crippen molar-refractivity contribution in [2.75, 3.05) is 6.54 Å². The molecule has 2 fully saturated rings. The molecule has 1 heterocycles. The number of nitrogens with one attached hydrogen (secondary N) is 1. The predicted octanol–water partition coefficient (Wildman–Crippen LogP) is 2.14. The molecule has 27 heavy (non-hydrogen) atoms. The number of nitro groups is 1. The maximum atomic E-state index is 12.8. The molecule has 1 aromatic rings. The quantitative estimate of drug-likeness (QED) is 0.364. The predicted molar refractivity (Wildman–Crippen MR) is 93.5 cm³/mol. The lowest BCUT2D eigenvalue weighted by molar-refractivity contribution is -0.384. The maximum Gasteiger partial charge on any atom is 0.326 e. The second-order valence-electron chi connectivity index (χ2n) is 7.02. The van der Waals surface area contributed by atoms with Crippen LogP contribution < -0.4 is 5.32 Å². The first-order valence-corrected chi connectivity index (χ1v) is 8.86. The fourth-order valence-corrected chi connectivity index (χ4v) is 3.69. The number of carbonyl (C=O) groups excluding carboxylic acids is 3. The van der Waals surface area contributed by atoms with Gasteiger partial charge in [0.1, 0.15) is 18.7 Å². The molecule has 1 aliphatic carbocycles. The molecule has 2 atom stereocenters. The Balaban J connectivity index is 1.58. The molecule has 1 spiro atoms. The van der Waals surface area contributed by atoms with Gasteiger partial charge in [0.2, 0.25) is 0 Å².